The average Bonchev–Trinajstić information content (AvgIpc) is 2.53. The van der Waals surface area contributed by atoms with Crippen LogP contribution in [0.15, 0.2) is 52.0 Å². The van der Waals surface area contributed by atoms with Crippen LogP contribution < -0.4 is 10.7 Å². The molecular weight excluding hydrogens is 381 g/mol. The van der Waals surface area contributed by atoms with Crippen molar-refractivity contribution in [2.75, 3.05) is 5.32 Å². The van der Waals surface area contributed by atoms with E-state index in [0.717, 1.165) is 4.47 Å². The Kier molecular flexibility index (Phi) is 6.02. The van der Waals surface area contributed by atoms with Crippen molar-refractivity contribution in [3.63, 3.8) is 0 Å². The van der Waals surface area contributed by atoms with Crippen molar-refractivity contribution in [3.8, 4) is 5.75 Å². The number of aromatic hydroxyl groups is 1. The van der Waals surface area contributed by atoms with E-state index in [-0.39, 0.29) is 5.75 Å². The largest absolute Gasteiger partial charge is 0.507 e. The molecule has 8 heteroatoms. The fraction of sp³-hybridized carbons (Fsp3) is 0.0625. The summed E-state index contributed by atoms with van der Waals surface area (Å²) < 4.78 is 13.5. The second-order valence-electron chi connectivity index (χ2n) is 4.73. The van der Waals surface area contributed by atoms with E-state index < -0.39 is 24.1 Å². The van der Waals surface area contributed by atoms with Gasteiger partial charge < -0.3 is 10.4 Å². The third kappa shape index (κ3) is 5.47. The Hall–Kier alpha value is -2.74. The number of hydrazone groups is 1. The molecule has 0 saturated heterocycles. The topological polar surface area (TPSA) is 90.8 Å². The molecule has 0 aliphatic carbocycles. The molecular formula is C16H13BrFN3O3. The van der Waals surface area contributed by atoms with E-state index in [9.17, 15) is 19.1 Å². The van der Waals surface area contributed by atoms with E-state index in [1.54, 1.807) is 12.1 Å². The van der Waals surface area contributed by atoms with Crippen LogP contribution >= 0.6 is 15.9 Å². The van der Waals surface area contributed by atoms with Gasteiger partial charge in [0.05, 0.1) is 6.21 Å². The quantitative estimate of drug-likeness (QED) is 0.414. The van der Waals surface area contributed by atoms with Gasteiger partial charge in [-0.15, -0.1) is 0 Å². The van der Waals surface area contributed by atoms with Crippen molar-refractivity contribution in [2.45, 2.75) is 6.42 Å². The SMILES string of the molecule is O=C(CC(=O)Nc1ccc(F)cc1)N/N=C/c1cc(Br)ccc1O. The second kappa shape index (κ2) is 8.21. The molecule has 6 nitrogen and oxygen atoms in total. The number of nitrogens with zero attached hydrogens (tertiary/aromatic N) is 1. The highest BCUT2D eigenvalue weighted by atomic mass is 79.9. The van der Waals surface area contributed by atoms with Crippen LogP contribution in [0.4, 0.5) is 10.1 Å². The van der Waals surface area contributed by atoms with Crippen molar-refractivity contribution in [2.24, 2.45) is 5.10 Å². The number of amides is 2. The van der Waals surface area contributed by atoms with E-state index in [4.69, 9.17) is 0 Å². The Morgan fingerprint density at radius 1 is 1.17 bits per heavy atom. The summed E-state index contributed by atoms with van der Waals surface area (Å²) in [5, 5.41) is 15.8. The van der Waals surface area contributed by atoms with Crippen molar-refractivity contribution < 1.29 is 19.1 Å². The number of rotatable bonds is 5. The predicted molar refractivity (Wildman–Crippen MR) is 91.2 cm³/mol. The highest BCUT2D eigenvalue weighted by Gasteiger charge is 2.09. The smallest absolute Gasteiger partial charge is 0.249 e. The standard InChI is InChI=1S/C16H13BrFN3O3/c17-11-1-6-14(22)10(7-11)9-19-21-16(24)8-15(23)20-13-4-2-12(18)3-5-13/h1-7,9,22H,8H2,(H,20,23)(H,21,24)/b19-9+. The molecule has 0 aliphatic heterocycles. The monoisotopic (exact) mass is 393 g/mol. The third-order valence-corrected chi connectivity index (χ3v) is 3.32. The van der Waals surface area contributed by atoms with Gasteiger partial charge in [0, 0.05) is 15.7 Å². The van der Waals surface area contributed by atoms with Crippen LogP contribution in [-0.2, 0) is 9.59 Å². The minimum absolute atomic E-state index is 0.00486. The van der Waals surface area contributed by atoms with Gasteiger partial charge in [-0.25, -0.2) is 9.82 Å². The Morgan fingerprint density at radius 2 is 1.88 bits per heavy atom. The molecule has 0 atom stereocenters. The number of carbonyl (C=O) groups excluding carboxylic acids is 2. The zero-order valence-electron chi connectivity index (χ0n) is 12.3. The van der Waals surface area contributed by atoms with Crippen LogP contribution in [0, 0.1) is 5.82 Å². The normalized spacial score (nSPS) is 10.6. The van der Waals surface area contributed by atoms with Gasteiger partial charge in [-0.1, -0.05) is 15.9 Å². The Labute approximate surface area is 145 Å². The van der Waals surface area contributed by atoms with E-state index >= 15 is 0 Å². The maximum atomic E-state index is 12.8. The molecule has 0 aromatic heterocycles. The first-order valence-corrected chi connectivity index (χ1v) is 7.59. The van der Waals surface area contributed by atoms with Crippen LogP contribution in [0.1, 0.15) is 12.0 Å². The Morgan fingerprint density at radius 3 is 2.58 bits per heavy atom. The van der Waals surface area contributed by atoms with Crippen molar-refractivity contribution in [1.29, 1.82) is 0 Å². The number of nitrogens with one attached hydrogen (secondary N) is 2. The van der Waals surface area contributed by atoms with Crippen molar-refractivity contribution in [3.05, 3.63) is 58.3 Å². The summed E-state index contributed by atoms with van der Waals surface area (Å²) in [5.74, 6) is -1.60. The molecule has 3 N–H and O–H groups in total. The highest BCUT2D eigenvalue weighted by molar-refractivity contribution is 9.10. The predicted octanol–water partition coefficient (Wildman–Crippen LogP) is 2.77. The first-order chi connectivity index (χ1) is 11.4. The summed E-state index contributed by atoms with van der Waals surface area (Å²) in [4.78, 5) is 23.3. The fourth-order valence-electron chi connectivity index (χ4n) is 1.73. The molecule has 0 bridgehead atoms. The van der Waals surface area contributed by atoms with Crippen molar-refractivity contribution >= 4 is 39.6 Å². The number of phenolic OH excluding ortho intramolecular Hbond substituents is 1. The second-order valence-corrected chi connectivity index (χ2v) is 5.64. The average molecular weight is 394 g/mol. The Balaban J connectivity index is 1.84. The lowest BCUT2D eigenvalue weighted by atomic mass is 10.2. The van der Waals surface area contributed by atoms with Gasteiger partial charge in [-0.2, -0.15) is 5.10 Å². The van der Waals surface area contributed by atoms with Crippen LogP contribution in [0.5, 0.6) is 5.75 Å². The molecule has 24 heavy (non-hydrogen) atoms. The number of carbonyl (C=O) groups is 2. The molecule has 0 radical (unpaired) electrons. The van der Waals surface area contributed by atoms with Gasteiger partial charge in [0.1, 0.15) is 18.0 Å². The van der Waals surface area contributed by atoms with Gasteiger partial charge in [-0.05, 0) is 42.5 Å². The van der Waals surface area contributed by atoms with Gasteiger partial charge >= 0.3 is 0 Å². The van der Waals surface area contributed by atoms with Crippen LogP contribution in [0.2, 0.25) is 0 Å². The lowest BCUT2D eigenvalue weighted by Crippen LogP contribution is -2.24. The summed E-state index contributed by atoms with van der Waals surface area (Å²) in [5.41, 5.74) is 2.98. The number of halogens is 2. The van der Waals surface area contributed by atoms with E-state index in [1.165, 1.54) is 36.5 Å². The number of anilines is 1. The fourth-order valence-corrected chi connectivity index (χ4v) is 2.11. The molecule has 2 aromatic rings. The molecule has 2 rings (SSSR count). The zero-order valence-corrected chi connectivity index (χ0v) is 13.9. The summed E-state index contributed by atoms with van der Waals surface area (Å²) in [6.45, 7) is 0. The number of phenols is 1. The maximum Gasteiger partial charge on any atom is 0.249 e. The minimum Gasteiger partial charge on any atom is -0.507 e. The molecule has 0 saturated carbocycles. The maximum absolute atomic E-state index is 12.8. The zero-order chi connectivity index (χ0) is 17.5. The molecule has 0 unspecified atom stereocenters. The van der Waals surface area contributed by atoms with Crippen LogP contribution in [0.25, 0.3) is 0 Å². The first kappa shape index (κ1) is 17.6. The molecule has 2 aromatic carbocycles. The molecule has 0 spiro atoms. The Bertz CT molecular complexity index is 779. The van der Waals surface area contributed by atoms with Gasteiger partial charge in [0.25, 0.3) is 0 Å². The number of benzene rings is 2. The molecule has 124 valence electrons. The van der Waals surface area contributed by atoms with Gasteiger partial charge in [0.15, 0.2) is 0 Å². The van der Waals surface area contributed by atoms with Crippen LogP contribution in [0.3, 0.4) is 0 Å². The first-order valence-electron chi connectivity index (χ1n) is 6.80. The highest BCUT2D eigenvalue weighted by Crippen LogP contribution is 2.19. The number of hydrogen-bond acceptors (Lipinski definition) is 4. The summed E-state index contributed by atoms with van der Waals surface area (Å²) >= 11 is 3.25. The van der Waals surface area contributed by atoms with Gasteiger partial charge in [-0.3, -0.25) is 9.59 Å². The third-order valence-electron chi connectivity index (χ3n) is 2.83. The van der Waals surface area contributed by atoms with Crippen LogP contribution in [-0.4, -0.2) is 23.1 Å². The van der Waals surface area contributed by atoms with E-state index in [0.29, 0.717) is 11.3 Å². The van der Waals surface area contributed by atoms with E-state index in [2.05, 4.69) is 31.8 Å². The molecule has 0 fully saturated rings. The summed E-state index contributed by atoms with van der Waals surface area (Å²) in [7, 11) is 0. The lowest BCUT2D eigenvalue weighted by molar-refractivity contribution is -0.126. The number of hydrogen-bond donors (Lipinski definition) is 3. The minimum atomic E-state index is -0.625. The van der Waals surface area contributed by atoms with Gasteiger partial charge in [0.2, 0.25) is 11.8 Å². The molecule has 2 amide bonds. The van der Waals surface area contributed by atoms with E-state index in [1.807, 2.05) is 0 Å². The summed E-state index contributed by atoms with van der Waals surface area (Å²) in [6, 6.07) is 9.92. The molecule has 0 aliphatic rings. The van der Waals surface area contributed by atoms with Crippen molar-refractivity contribution in [1.82, 2.24) is 5.43 Å². The molecule has 0 heterocycles. The lowest BCUT2D eigenvalue weighted by Gasteiger charge is -2.04. The summed E-state index contributed by atoms with van der Waals surface area (Å²) in [6.07, 6.45) is 0.815.